The molecular weight excluding hydrogens is 398 g/mol. The number of carbonyl (C=O) groups is 1. The topological polar surface area (TPSA) is 75.5 Å². The summed E-state index contributed by atoms with van der Waals surface area (Å²) in [7, 11) is 0. The third-order valence-corrected chi connectivity index (χ3v) is 6.36. The minimum absolute atomic E-state index is 0.0526. The van der Waals surface area contributed by atoms with E-state index in [9.17, 15) is 14.9 Å². The lowest BCUT2D eigenvalue weighted by Crippen LogP contribution is -2.22. The van der Waals surface area contributed by atoms with Gasteiger partial charge >= 0.3 is 0 Å². The van der Waals surface area contributed by atoms with Crippen molar-refractivity contribution in [2.45, 2.75) is 20.8 Å². The molecule has 2 aromatic carbocycles. The Kier molecular flexibility index (Phi) is 5.86. The maximum Gasteiger partial charge on any atom is 0.287 e. The van der Waals surface area contributed by atoms with Crippen LogP contribution in [-0.4, -0.2) is 23.9 Å². The fraction of sp³-hybridized carbons (Fsp3) is 0.250. The third kappa shape index (κ3) is 3.68. The Morgan fingerprint density at radius 1 is 1.25 bits per heavy atom. The van der Waals surface area contributed by atoms with Gasteiger partial charge < -0.3 is 10.2 Å². The zero-order valence-electron chi connectivity index (χ0n) is 15.8. The van der Waals surface area contributed by atoms with E-state index in [1.165, 1.54) is 6.07 Å². The molecular formula is C20H20ClN3O3S. The van der Waals surface area contributed by atoms with Crippen molar-refractivity contribution in [1.29, 1.82) is 0 Å². The molecule has 1 aromatic heterocycles. The monoisotopic (exact) mass is 417 g/mol. The summed E-state index contributed by atoms with van der Waals surface area (Å²) >= 11 is 7.39. The lowest BCUT2D eigenvalue weighted by Gasteiger charge is -2.22. The molecule has 1 heterocycles. The highest BCUT2D eigenvalue weighted by Gasteiger charge is 2.23. The lowest BCUT2D eigenvalue weighted by atomic mass is 10.1. The van der Waals surface area contributed by atoms with Gasteiger partial charge in [-0.1, -0.05) is 23.7 Å². The van der Waals surface area contributed by atoms with Crippen molar-refractivity contribution in [2.75, 3.05) is 23.3 Å². The number of nitro groups is 1. The molecule has 0 spiro atoms. The Morgan fingerprint density at radius 2 is 1.96 bits per heavy atom. The van der Waals surface area contributed by atoms with Gasteiger partial charge in [-0.05, 0) is 44.5 Å². The number of rotatable bonds is 6. The van der Waals surface area contributed by atoms with Crippen LogP contribution in [0.5, 0.6) is 0 Å². The molecule has 0 saturated heterocycles. The Hall–Kier alpha value is -2.64. The molecule has 8 heteroatoms. The van der Waals surface area contributed by atoms with Gasteiger partial charge in [0.05, 0.1) is 9.95 Å². The number of thiophene rings is 1. The average molecular weight is 418 g/mol. The van der Waals surface area contributed by atoms with Crippen molar-refractivity contribution in [3.63, 3.8) is 0 Å². The molecule has 0 radical (unpaired) electrons. The van der Waals surface area contributed by atoms with Crippen molar-refractivity contribution in [3.05, 3.63) is 62.0 Å². The number of aryl methyl sites for hydroxylation is 1. The largest absolute Gasteiger partial charge is 0.372 e. The molecule has 0 fully saturated rings. The number of nitrogens with zero attached hydrogens (tertiary/aromatic N) is 2. The van der Waals surface area contributed by atoms with Crippen LogP contribution in [0.4, 0.5) is 17.1 Å². The second-order valence-electron chi connectivity index (χ2n) is 6.28. The van der Waals surface area contributed by atoms with E-state index in [0.717, 1.165) is 35.7 Å². The van der Waals surface area contributed by atoms with Crippen LogP contribution in [0, 0.1) is 17.0 Å². The van der Waals surface area contributed by atoms with Crippen LogP contribution < -0.4 is 10.2 Å². The number of anilines is 2. The first-order chi connectivity index (χ1) is 13.4. The first-order valence-corrected chi connectivity index (χ1v) is 10.1. The smallest absolute Gasteiger partial charge is 0.287 e. The summed E-state index contributed by atoms with van der Waals surface area (Å²) in [5.74, 6) is -0.376. The molecule has 0 atom stereocenters. The van der Waals surface area contributed by atoms with Gasteiger partial charge in [0.1, 0.15) is 9.58 Å². The summed E-state index contributed by atoms with van der Waals surface area (Å²) in [6, 6.07) is 10.5. The maximum atomic E-state index is 12.8. The van der Waals surface area contributed by atoms with Crippen LogP contribution in [0.2, 0.25) is 5.02 Å². The lowest BCUT2D eigenvalue weighted by molar-refractivity contribution is -0.382. The predicted octanol–water partition coefficient (Wildman–Crippen LogP) is 5.87. The second-order valence-corrected chi connectivity index (χ2v) is 7.68. The van der Waals surface area contributed by atoms with E-state index in [0.29, 0.717) is 15.8 Å². The second kappa shape index (κ2) is 8.16. The normalized spacial score (nSPS) is 10.9. The third-order valence-electron chi connectivity index (χ3n) is 4.62. The minimum Gasteiger partial charge on any atom is -0.372 e. The van der Waals surface area contributed by atoms with Crippen molar-refractivity contribution in [3.8, 4) is 0 Å². The standard InChI is InChI=1S/C20H20ClN3O3S/c1-4-23(5-2)13-9-10-15(12(3)11-13)22-20(25)19-17(21)14-7-6-8-16(24(26)27)18(14)28-19/h6-11H,4-5H2,1-3H3,(H,22,25). The minimum atomic E-state index is -0.465. The summed E-state index contributed by atoms with van der Waals surface area (Å²) in [6.07, 6.45) is 0. The van der Waals surface area contributed by atoms with E-state index in [2.05, 4.69) is 24.1 Å². The molecule has 0 unspecified atom stereocenters. The highest BCUT2D eigenvalue weighted by atomic mass is 35.5. The molecule has 1 amide bonds. The van der Waals surface area contributed by atoms with Crippen LogP contribution >= 0.6 is 22.9 Å². The van der Waals surface area contributed by atoms with Crippen LogP contribution in [-0.2, 0) is 0 Å². The number of nitro benzene ring substituents is 1. The molecule has 146 valence electrons. The fourth-order valence-electron chi connectivity index (χ4n) is 3.12. The zero-order chi connectivity index (χ0) is 20.4. The van der Waals surface area contributed by atoms with Crippen LogP contribution in [0.15, 0.2) is 36.4 Å². The van der Waals surface area contributed by atoms with Crippen molar-refractivity contribution in [1.82, 2.24) is 0 Å². The molecule has 0 aliphatic rings. The Balaban J connectivity index is 1.92. The van der Waals surface area contributed by atoms with Gasteiger partial charge in [0.2, 0.25) is 0 Å². The maximum absolute atomic E-state index is 12.8. The first kappa shape index (κ1) is 20.1. The molecule has 0 aliphatic heterocycles. The number of benzene rings is 2. The van der Waals surface area contributed by atoms with Crippen molar-refractivity contribution < 1.29 is 9.72 Å². The number of amides is 1. The molecule has 0 saturated carbocycles. The quantitative estimate of drug-likeness (QED) is 0.402. The van der Waals surface area contributed by atoms with E-state index in [1.54, 1.807) is 12.1 Å². The van der Waals surface area contributed by atoms with Crippen molar-refractivity contribution in [2.24, 2.45) is 0 Å². The molecule has 0 aliphatic carbocycles. The molecule has 3 rings (SSSR count). The SMILES string of the molecule is CCN(CC)c1ccc(NC(=O)c2sc3c([N+](=O)[O-])cccc3c2Cl)c(C)c1. The molecule has 6 nitrogen and oxygen atoms in total. The van der Waals surface area contributed by atoms with E-state index >= 15 is 0 Å². The number of hydrogen-bond acceptors (Lipinski definition) is 5. The van der Waals surface area contributed by atoms with Gasteiger partial charge in [0.25, 0.3) is 11.6 Å². The molecule has 0 bridgehead atoms. The summed E-state index contributed by atoms with van der Waals surface area (Å²) < 4.78 is 0.399. The van der Waals surface area contributed by atoms with Gasteiger partial charge in [-0.2, -0.15) is 0 Å². The number of carbonyl (C=O) groups excluding carboxylic acids is 1. The molecule has 3 aromatic rings. The summed E-state index contributed by atoms with van der Waals surface area (Å²) in [5.41, 5.74) is 2.66. The predicted molar refractivity (Wildman–Crippen MR) is 116 cm³/mol. The Labute approximate surface area is 171 Å². The highest BCUT2D eigenvalue weighted by Crippen LogP contribution is 2.40. The molecule has 1 N–H and O–H groups in total. The summed E-state index contributed by atoms with van der Waals surface area (Å²) in [5, 5.41) is 14.9. The average Bonchev–Trinajstić information content (AvgIpc) is 3.01. The van der Waals surface area contributed by atoms with E-state index in [-0.39, 0.29) is 21.5 Å². The Bertz CT molecular complexity index is 1060. The first-order valence-electron chi connectivity index (χ1n) is 8.89. The number of halogens is 1. The fourth-order valence-corrected chi connectivity index (χ4v) is 4.61. The van der Waals surface area contributed by atoms with Gasteiger partial charge in [-0.3, -0.25) is 14.9 Å². The van der Waals surface area contributed by atoms with Gasteiger partial charge in [0.15, 0.2) is 0 Å². The van der Waals surface area contributed by atoms with Crippen molar-refractivity contribution >= 4 is 56.0 Å². The van der Waals surface area contributed by atoms with E-state index < -0.39 is 4.92 Å². The van der Waals surface area contributed by atoms with Gasteiger partial charge in [0, 0.05) is 35.9 Å². The van der Waals surface area contributed by atoms with Crippen LogP contribution in [0.3, 0.4) is 0 Å². The van der Waals surface area contributed by atoms with Crippen LogP contribution in [0.1, 0.15) is 29.1 Å². The van der Waals surface area contributed by atoms with Gasteiger partial charge in [-0.25, -0.2) is 0 Å². The number of nitrogens with one attached hydrogen (secondary N) is 1. The Morgan fingerprint density at radius 3 is 2.57 bits per heavy atom. The number of hydrogen-bond donors (Lipinski definition) is 1. The number of fused-ring (bicyclic) bond motifs is 1. The zero-order valence-corrected chi connectivity index (χ0v) is 17.4. The van der Waals surface area contributed by atoms with Crippen LogP contribution in [0.25, 0.3) is 10.1 Å². The van der Waals surface area contributed by atoms with Gasteiger partial charge in [-0.15, -0.1) is 11.3 Å². The van der Waals surface area contributed by atoms with E-state index in [1.807, 2.05) is 25.1 Å². The summed E-state index contributed by atoms with van der Waals surface area (Å²) in [4.78, 5) is 26.1. The molecule has 28 heavy (non-hydrogen) atoms. The highest BCUT2D eigenvalue weighted by molar-refractivity contribution is 7.22. The van der Waals surface area contributed by atoms with E-state index in [4.69, 9.17) is 11.6 Å². The number of non-ortho nitro benzene ring substituents is 1. The summed E-state index contributed by atoms with van der Waals surface area (Å²) in [6.45, 7) is 7.92.